The number of carboxylic acid groups (broad SMARTS) is 2. The Morgan fingerprint density at radius 3 is 2.18 bits per heavy atom. The Labute approximate surface area is 229 Å². The molecule has 2 unspecified atom stereocenters. The number of aliphatic carboxylic acids is 2. The van der Waals surface area contributed by atoms with Crippen molar-refractivity contribution in [3.05, 3.63) is 65.2 Å². The van der Waals surface area contributed by atoms with E-state index in [0.29, 0.717) is 36.0 Å². The number of halogens is 1. The molecule has 0 spiro atoms. The maximum atomic E-state index is 13.6. The Bertz CT molecular complexity index is 1170. The van der Waals surface area contributed by atoms with Gasteiger partial charge < -0.3 is 29.5 Å². The summed E-state index contributed by atoms with van der Waals surface area (Å²) in [5.41, 5.74) is 1.63. The molecule has 0 saturated carbocycles. The van der Waals surface area contributed by atoms with E-state index in [2.05, 4.69) is 0 Å². The van der Waals surface area contributed by atoms with E-state index in [-0.39, 0.29) is 5.91 Å². The predicted molar refractivity (Wildman–Crippen MR) is 144 cm³/mol. The van der Waals surface area contributed by atoms with E-state index in [1.165, 1.54) is 18.7 Å². The Morgan fingerprint density at radius 1 is 1.08 bits per heavy atom. The van der Waals surface area contributed by atoms with Gasteiger partial charge in [-0.25, -0.2) is 9.59 Å². The average Bonchev–Trinajstić information content (AvgIpc) is 2.96. The van der Waals surface area contributed by atoms with Crippen molar-refractivity contribution >= 4 is 52.9 Å². The number of methoxy groups -OCH3 is 1. The summed E-state index contributed by atoms with van der Waals surface area (Å²) in [6.07, 6.45) is 0.152. The molecular weight excluding hydrogens is 536 g/mol. The number of hydrogen-bond acceptors (Lipinski definition) is 8. The molecule has 1 amide bonds. The van der Waals surface area contributed by atoms with E-state index in [1.807, 2.05) is 55.4 Å². The summed E-state index contributed by atoms with van der Waals surface area (Å²) < 4.78 is 10.8. The molecule has 0 fully saturated rings. The topological polar surface area (TPSA) is 134 Å². The van der Waals surface area contributed by atoms with Crippen LogP contribution in [0.1, 0.15) is 17.7 Å². The molecule has 1 aliphatic heterocycles. The highest BCUT2D eigenvalue weighted by molar-refractivity contribution is 7.99. The maximum absolute atomic E-state index is 13.6. The minimum Gasteiger partial charge on any atom is -0.497 e. The van der Waals surface area contributed by atoms with Gasteiger partial charge in [-0.05, 0) is 50.0 Å². The van der Waals surface area contributed by atoms with Gasteiger partial charge in [-0.15, -0.1) is 11.8 Å². The molecule has 2 atom stereocenters. The SMILES string of the molecule is COc1ccc(C2Sc3cc(Cl)ccc3N(CCN(C)C)C(=O)C2OC(C)=O)cc1.O=C(O)/C=C\C(=O)O. The van der Waals surface area contributed by atoms with Crippen LogP contribution in [-0.4, -0.2) is 79.3 Å². The van der Waals surface area contributed by atoms with Crippen molar-refractivity contribution in [1.29, 1.82) is 0 Å². The zero-order valence-corrected chi connectivity index (χ0v) is 22.9. The number of nitrogens with zero attached hydrogens (tertiary/aromatic N) is 2. The molecule has 2 aromatic rings. The van der Waals surface area contributed by atoms with Crippen LogP contribution in [0.25, 0.3) is 0 Å². The fourth-order valence-corrected chi connectivity index (χ4v) is 5.00. The first-order valence-electron chi connectivity index (χ1n) is 11.3. The second-order valence-electron chi connectivity index (χ2n) is 8.26. The average molecular weight is 565 g/mol. The summed E-state index contributed by atoms with van der Waals surface area (Å²) in [7, 11) is 5.49. The van der Waals surface area contributed by atoms with Crippen molar-refractivity contribution in [2.75, 3.05) is 39.2 Å². The summed E-state index contributed by atoms with van der Waals surface area (Å²) in [5, 5.41) is 15.8. The van der Waals surface area contributed by atoms with E-state index in [0.717, 1.165) is 16.1 Å². The number of carboxylic acids is 2. The molecule has 2 N–H and O–H groups in total. The maximum Gasteiger partial charge on any atom is 0.328 e. The second-order valence-corrected chi connectivity index (χ2v) is 9.88. The van der Waals surface area contributed by atoms with Crippen molar-refractivity contribution in [2.45, 2.75) is 23.2 Å². The first kappa shape index (κ1) is 30.7. The first-order chi connectivity index (χ1) is 17.9. The van der Waals surface area contributed by atoms with Gasteiger partial charge in [-0.2, -0.15) is 0 Å². The number of carbonyl (C=O) groups is 4. The Morgan fingerprint density at radius 2 is 1.68 bits per heavy atom. The molecule has 1 aliphatic rings. The van der Waals surface area contributed by atoms with Crippen LogP contribution in [0.5, 0.6) is 5.75 Å². The van der Waals surface area contributed by atoms with Crippen LogP contribution in [0.15, 0.2) is 59.5 Å². The van der Waals surface area contributed by atoms with Gasteiger partial charge in [0.15, 0.2) is 6.10 Å². The standard InChI is InChI=1S/C22H25ClN2O4S.C4H4O4/c1-14(26)29-20-21(15-5-8-17(28-4)9-6-15)30-19-13-16(23)7-10-18(19)25(22(20)27)12-11-24(2)3;5-3(6)1-2-4(7)8/h5-10,13,20-21H,11-12H2,1-4H3;1-2H,(H,5,6)(H,7,8)/b;2-1-. The number of benzene rings is 2. The molecule has 0 radical (unpaired) electrons. The third kappa shape index (κ3) is 9.09. The lowest BCUT2D eigenvalue weighted by atomic mass is 10.1. The quantitative estimate of drug-likeness (QED) is 0.361. The molecule has 3 rings (SSSR count). The fourth-order valence-electron chi connectivity index (χ4n) is 3.41. The number of likely N-dealkylation sites (N-methyl/N-ethyl adjacent to an activating group) is 1. The van der Waals surface area contributed by atoms with Crippen molar-refractivity contribution in [1.82, 2.24) is 4.90 Å². The molecule has 10 nitrogen and oxygen atoms in total. The molecule has 0 bridgehead atoms. The van der Waals surface area contributed by atoms with Crippen LogP contribution < -0.4 is 9.64 Å². The third-order valence-corrected chi connectivity index (χ3v) is 6.72. The number of rotatable bonds is 8. The Balaban J connectivity index is 0.000000550. The molecular formula is C26H29ClN2O8S. The van der Waals surface area contributed by atoms with Crippen molar-refractivity contribution < 1.29 is 38.9 Å². The lowest BCUT2D eigenvalue weighted by Gasteiger charge is -2.28. The van der Waals surface area contributed by atoms with Crippen LogP contribution in [0.4, 0.5) is 5.69 Å². The van der Waals surface area contributed by atoms with Crippen LogP contribution in [0, 0.1) is 0 Å². The monoisotopic (exact) mass is 564 g/mol. The molecule has 2 aromatic carbocycles. The molecule has 38 heavy (non-hydrogen) atoms. The van der Waals surface area contributed by atoms with E-state index in [9.17, 15) is 19.2 Å². The van der Waals surface area contributed by atoms with Gasteiger partial charge in [0.2, 0.25) is 0 Å². The first-order valence-corrected chi connectivity index (χ1v) is 12.6. The highest BCUT2D eigenvalue weighted by atomic mass is 35.5. The number of esters is 1. The highest BCUT2D eigenvalue weighted by Gasteiger charge is 2.40. The van der Waals surface area contributed by atoms with Crippen LogP contribution in [-0.2, 0) is 23.9 Å². The van der Waals surface area contributed by atoms with Gasteiger partial charge >= 0.3 is 17.9 Å². The zero-order valence-electron chi connectivity index (χ0n) is 21.3. The third-order valence-electron chi connectivity index (χ3n) is 5.13. The number of thioether (sulfide) groups is 1. The number of anilines is 1. The van der Waals surface area contributed by atoms with Crippen molar-refractivity contribution in [3.8, 4) is 5.75 Å². The normalized spacial score (nSPS) is 16.8. The van der Waals surface area contributed by atoms with Crippen molar-refractivity contribution in [3.63, 3.8) is 0 Å². The van der Waals surface area contributed by atoms with Crippen molar-refractivity contribution in [2.24, 2.45) is 0 Å². The Kier molecular flexibility index (Phi) is 11.6. The molecule has 0 aromatic heterocycles. The van der Waals surface area contributed by atoms with Gasteiger partial charge in [0, 0.05) is 42.1 Å². The van der Waals surface area contributed by atoms with Gasteiger partial charge in [-0.1, -0.05) is 23.7 Å². The van der Waals surface area contributed by atoms with Gasteiger partial charge in [-0.3, -0.25) is 9.59 Å². The number of amides is 1. The Hall–Kier alpha value is -3.54. The van der Waals surface area contributed by atoms with Gasteiger partial charge in [0.1, 0.15) is 5.75 Å². The van der Waals surface area contributed by atoms with Crippen LogP contribution in [0.2, 0.25) is 5.02 Å². The lowest BCUT2D eigenvalue weighted by molar-refractivity contribution is -0.152. The predicted octanol–water partition coefficient (Wildman–Crippen LogP) is 3.73. The highest BCUT2D eigenvalue weighted by Crippen LogP contribution is 2.47. The van der Waals surface area contributed by atoms with E-state index in [1.54, 1.807) is 18.1 Å². The van der Waals surface area contributed by atoms with E-state index < -0.39 is 29.3 Å². The summed E-state index contributed by atoms with van der Waals surface area (Å²) in [5.74, 6) is -2.55. The van der Waals surface area contributed by atoms with Gasteiger partial charge in [0.05, 0.1) is 18.0 Å². The van der Waals surface area contributed by atoms with Crippen LogP contribution in [0.3, 0.4) is 0 Å². The second kappa shape index (κ2) is 14.4. The lowest BCUT2D eigenvalue weighted by Crippen LogP contribution is -2.45. The molecule has 1 heterocycles. The summed E-state index contributed by atoms with van der Waals surface area (Å²) in [6, 6.07) is 12.9. The minimum atomic E-state index is -1.26. The summed E-state index contributed by atoms with van der Waals surface area (Å²) >= 11 is 7.74. The summed E-state index contributed by atoms with van der Waals surface area (Å²) in [6.45, 7) is 2.45. The molecule has 204 valence electrons. The zero-order chi connectivity index (χ0) is 28.4. The fraction of sp³-hybridized carbons (Fsp3) is 0.308. The number of ether oxygens (including phenoxy) is 2. The molecule has 0 aliphatic carbocycles. The smallest absolute Gasteiger partial charge is 0.328 e. The number of hydrogen-bond donors (Lipinski definition) is 2. The van der Waals surface area contributed by atoms with Crippen LogP contribution >= 0.6 is 23.4 Å². The molecule has 12 heteroatoms. The number of fused-ring (bicyclic) bond motifs is 1. The van der Waals surface area contributed by atoms with Gasteiger partial charge in [0.25, 0.3) is 5.91 Å². The number of carbonyl (C=O) groups excluding carboxylic acids is 2. The molecule has 0 saturated heterocycles. The van der Waals surface area contributed by atoms with E-state index in [4.69, 9.17) is 31.3 Å². The largest absolute Gasteiger partial charge is 0.497 e. The summed E-state index contributed by atoms with van der Waals surface area (Å²) in [4.78, 5) is 49.2. The van der Waals surface area contributed by atoms with E-state index >= 15 is 0 Å². The minimum absolute atomic E-state index is 0.249.